The number of ketones is 1. The lowest BCUT2D eigenvalue weighted by atomic mass is 10.2. The molecule has 2 atom stereocenters. The topological polar surface area (TPSA) is 40.5 Å². The van der Waals surface area contributed by atoms with Crippen LogP contribution in [-0.4, -0.2) is 41.0 Å². The van der Waals surface area contributed by atoms with E-state index in [9.17, 15) is 9.90 Å². The van der Waals surface area contributed by atoms with E-state index in [4.69, 9.17) is 0 Å². The molecule has 1 saturated heterocycles. The molecule has 1 fully saturated rings. The van der Waals surface area contributed by atoms with Gasteiger partial charge in [0.2, 0.25) is 0 Å². The van der Waals surface area contributed by atoms with Gasteiger partial charge in [-0.15, -0.1) is 0 Å². The van der Waals surface area contributed by atoms with Gasteiger partial charge >= 0.3 is 0 Å². The first kappa shape index (κ1) is 10.7. The van der Waals surface area contributed by atoms with E-state index in [1.807, 2.05) is 6.92 Å². The molecular weight excluding hydrogens is 166 g/mol. The van der Waals surface area contributed by atoms with Gasteiger partial charge in [-0.3, -0.25) is 9.69 Å². The average Bonchev–Trinajstić information content (AvgIpc) is 2.28. The van der Waals surface area contributed by atoms with Crippen LogP contribution in [0.3, 0.4) is 0 Å². The third-order valence-corrected chi connectivity index (χ3v) is 2.87. The summed E-state index contributed by atoms with van der Waals surface area (Å²) in [6.07, 6.45) is 2.52. The van der Waals surface area contributed by atoms with Crippen molar-refractivity contribution in [2.75, 3.05) is 13.1 Å². The Labute approximate surface area is 79.7 Å². The molecule has 0 saturated carbocycles. The van der Waals surface area contributed by atoms with Crippen molar-refractivity contribution in [3.63, 3.8) is 0 Å². The predicted octanol–water partition coefficient (Wildman–Crippen LogP) is 0.811. The molecule has 2 unspecified atom stereocenters. The molecule has 0 aromatic carbocycles. The molecule has 1 aliphatic rings. The number of nitrogens with zero attached hydrogens (tertiary/aromatic N) is 1. The molecule has 0 bridgehead atoms. The Hall–Kier alpha value is -0.410. The number of hydrogen-bond acceptors (Lipinski definition) is 3. The Balaban J connectivity index is 2.46. The molecule has 3 nitrogen and oxygen atoms in total. The van der Waals surface area contributed by atoms with Gasteiger partial charge in [-0.25, -0.2) is 0 Å². The second kappa shape index (κ2) is 4.72. The summed E-state index contributed by atoms with van der Waals surface area (Å²) in [6, 6.07) is 0.0188. The molecule has 0 spiro atoms. The van der Waals surface area contributed by atoms with Gasteiger partial charge in [0, 0.05) is 6.54 Å². The quantitative estimate of drug-likeness (QED) is 0.692. The van der Waals surface area contributed by atoms with Crippen LogP contribution >= 0.6 is 0 Å². The highest BCUT2D eigenvalue weighted by Crippen LogP contribution is 2.13. The zero-order valence-electron chi connectivity index (χ0n) is 8.49. The highest BCUT2D eigenvalue weighted by atomic mass is 16.3. The van der Waals surface area contributed by atoms with E-state index in [-0.39, 0.29) is 17.9 Å². The fourth-order valence-electron chi connectivity index (χ4n) is 1.75. The Bertz CT molecular complexity index is 182. The van der Waals surface area contributed by atoms with Crippen molar-refractivity contribution in [1.82, 2.24) is 4.90 Å². The summed E-state index contributed by atoms with van der Waals surface area (Å²) in [5.41, 5.74) is 0. The first-order chi connectivity index (χ1) is 6.11. The molecule has 0 radical (unpaired) electrons. The number of rotatable bonds is 2. The maximum absolute atomic E-state index is 11.1. The maximum Gasteiger partial charge on any atom is 0.146 e. The number of aliphatic hydroxyl groups excluding tert-OH is 1. The van der Waals surface area contributed by atoms with E-state index in [0.29, 0.717) is 0 Å². The van der Waals surface area contributed by atoms with Crippen molar-refractivity contribution >= 4 is 5.78 Å². The lowest BCUT2D eigenvalue weighted by molar-refractivity contribution is -0.121. The van der Waals surface area contributed by atoms with Gasteiger partial charge in [0.1, 0.15) is 5.78 Å². The van der Waals surface area contributed by atoms with E-state index in [0.717, 1.165) is 32.4 Å². The minimum Gasteiger partial charge on any atom is -0.393 e. The number of carbonyl (C=O) groups excluding carboxylic acids is 1. The zero-order valence-corrected chi connectivity index (χ0v) is 8.49. The van der Waals surface area contributed by atoms with Crippen molar-refractivity contribution < 1.29 is 9.90 Å². The van der Waals surface area contributed by atoms with Crippen LogP contribution in [-0.2, 0) is 4.79 Å². The van der Waals surface area contributed by atoms with Crippen molar-refractivity contribution in [3.8, 4) is 0 Å². The second-order valence-corrected chi connectivity index (χ2v) is 3.91. The second-order valence-electron chi connectivity index (χ2n) is 3.91. The highest BCUT2D eigenvalue weighted by Gasteiger charge is 2.21. The Morgan fingerprint density at radius 3 is 2.77 bits per heavy atom. The lowest BCUT2D eigenvalue weighted by Gasteiger charge is -2.25. The zero-order chi connectivity index (χ0) is 9.84. The molecule has 1 heterocycles. The van der Waals surface area contributed by atoms with Gasteiger partial charge in [0.05, 0.1) is 12.1 Å². The minimum absolute atomic E-state index is 0.0188. The normalized spacial score (nSPS) is 28.1. The number of hydrogen-bond donors (Lipinski definition) is 1. The molecule has 1 aliphatic heterocycles. The van der Waals surface area contributed by atoms with Crippen molar-refractivity contribution in [1.29, 1.82) is 0 Å². The third kappa shape index (κ3) is 3.08. The maximum atomic E-state index is 11.1. The largest absolute Gasteiger partial charge is 0.393 e. The van der Waals surface area contributed by atoms with Gasteiger partial charge in [-0.05, 0) is 39.7 Å². The van der Waals surface area contributed by atoms with Crippen LogP contribution in [0, 0.1) is 0 Å². The molecule has 0 aliphatic carbocycles. The molecule has 76 valence electrons. The Kier molecular flexibility index (Phi) is 3.88. The molecular formula is C10H19NO2. The average molecular weight is 185 g/mol. The van der Waals surface area contributed by atoms with Gasteiger partial charge in [-0.2, -0.15) is 0 Å². The smallest absolute Gasteiger partial charge is 0.146 e. The van der Waals surface area contributed by atoms with E-state index in [1.165, 1.54) is 0 Å². The SMILES string of the molecule is CC(=O)C(C)N1CCCC(O)CC1. The van der Waals surface area contributed by atoms with Crippen LogP contribution in [0.15, 0.2) is 0 Å². The van der Waals surface area contributed by atoms with Crippen LogP contribution in [0.1, 0.15) is 33.1 Å². The third-order valence-electron chi connectivity index (χ3n) is 2.87. The number of carbonyl (C=O) groups is 1. The Morgan fingerprint density at radius 1 is 1.46 bits per heavy atom. The minimum atomic E-state index is -0.163. The van der Waals surface area contributed by atoms with Crippen LogP contribution in [0.5, 0.6) is 0 Å². The molecule has 1 rings (SSSR count). The summed E-state index contributed by atoms with van der Waals surface area (Å²) in [4.78, 5) is 13.3. The number of Topliss-reactive ketones (excluding diaryl/α,β-unsaturated/α-hetero) is 1. The van der Waals surface area contributed by atoms with Crippen LogP contribution in [0.2, 0.25) is 0 Å². The molecule has 1 N–H and O–H groups in total. The number of aliphatic hydroxyl groups is 1. The molecule has 0 amide bonds. The highest BCUT2D eigenvalue weighted by molar-refractivity contribution is 5.80. The first-order valence-electron chi connectivity index (χ1n) is 5.04. The van der Waals surface area contributed by atoms with Gasteiger partial charge < -0.3 is 5.11 Å². The number of likely N-dealkylation sites (tertiary alicyclic amines) is 1. The predicted molar refractivity (Wildman–Crippen MR) is 51.6 cm³/mol. The van der Waals surface area contributed by atoms with Gasteiger partial charge in [0.25, 0.3) is 0 Å². The Morgan fingerprint density at radius 2 is 2.15 bits per heavy atom. The monoisotopic (exact) mass is 185 g/mol. The summed E-state index contributed by atoms with van der Waals surface area (Å²) >= 11 is 0. The molecule has 0 aromatic heterocycles. The molecule has 13 heavy (non-hydrogen) atoms. The van der Waals surface area contributed by atoms with Crippen LogP contribution in [0.25, 0.3) is 0 Å². The lowest BCUT2D eigenvalue weighted by Crippen LogP contribution is -2.38. The summed E-state index contributed by atoms with van der Waals surface area (Å²) in [6.45, 7) is 5.37. The molecule has 3 heteroatoms. The van der Waals surface area contributed by atoms with Crippen molar-refractivity contribution in [3.05, 3.63) is 0 Å². The fourth-order valence-corrected chi connectivity index (χ4v) is 1.75. The van der Waals surface area contributed by atoms with E-state index in [1.54, 1.807) is 6.92 Å². The van der Waals surface area contributed by atoms with Crippen LogP contribution < -0.4 is 0 Å². The van der Waals surface area contributed by atoms with E-state index in [2.05, 4.69) is 4.90 Å². The first-order valence-corrected chi connectivity index (χ1v) is 5.04. The standard InChI is InChI=1S/C10H19NO2/c1-8(9(2)12)11-6-3-4-10(13)5-7-11/h8,10,13H,3-7H2,1-2H3. The van der Waals surface area contributed by atoms with E-state index < -0.39 is 0 Å². The van der Waals surface area contributed by atoms with E-state index >= 15 is 0 Å². The summed E-state index contributed by atoms with van der Waals surface area (Å²) in [7, 11) is 0. The van der Waals surface area contributed by atoms with Crippen molar-refractivity contribution in [2.24, 2.45) is 0 Å². The molecule has 0 aromatic rings. The van der Waals surface area contributed by atoms with Crippen LogP contribution in [0.4, 0.5) is 0 Å². The summed E-state index contributed by atoms with van der Waals surface area (Å²) < 4.78 is 0. The van der Waals surface area contributed by atoms with Gasteiger partial charge in [-0.1, -0.05) is 0 Å². The van der Waals surface area contributed by atoms with Gasteiger partial charge in [0.15, 0.2) is 0 Å². The summed E-state index contributed by atoms with van der Waals surface area (Å²) in [5.74, 6) is 0.219. The fraction of sp³-hybridized carbons (Fsp3) is 0.900. The van der Waals surface area contributed by atoms with Crippen molar-refractivity contribution in [2.45, 2.75) is 45.3 Å². The summed E-state index contributed by atoms with van der Waals surface area (Å²) in [5, 5.41) is 9.42.